The van der Waals surface area contributed by atoms with E-state index in [4.69, 9.17) is 16.0 Å². The molecule has 0 radical (unpaired) electrons. The van der Waals surface area contributed by atoms with E-state index < -0.39 is 0 Å². The van der Waals surface area contributed by atoms with Crippen LogP contribution in [0.2, 0.25) is 5.02 Å². The highest BCUT2D eigenvalue weighted by Crippen LogP contribution is 2.36. The average molecular weight is 333 g/mol. The zero-order valence-electron chi connectivity index (χ0n) is 9.65. The molecule has 0 atom stereocenters. The predicted octanol–water partition coefficient (Wildman–Crippen LogP) is 5.55. The molecule has 0 N–H and O–H groups in total. The van der Waals surface area contributed by atoms with Gasteiger partial charge in [0.15, 0.2) is 0 Å². The molecule has 0 fully saturated rings. The first-order chi connectivity index (χ1) is 9.22. The van der Waals surface area contributed by atoms with Crippen LogP contribution in [0.3, 0.4) is 0 Å². The molecular weight excluding hydrogens is 326 g/mol. The summed E-state index contributed by atoms with van der Waals surface area (Å²) in [5, 5.41) is 3.75. The molecule has 2 heterocycles. The molecule has 0 aliphatic heterocycles. The predicted molar refractivity (Wildman–Crippen MR) is 81.7 cm³/mol. The first-order valence-electron chi connectivity index (χ1n) is 5.79. The minimum Gasteiger partial charge on any atom is -0.438 e. The Kier molecular flexibility index (Phi) is 2.34. The third-order valence-corrected chi connectivity index (χ3v) is 4.03. The zero-order valence-corrected chi connectivity index (χ0v) is 12.0. The van der Waals surface area contributed by atoms with Gasteiger partial charge in [0.05, 0.1) is 5.52 Å². The highest BCUT2D eigenvalue weighted by atomic mass is 79.9. The van der Waals surface area contributed by atoms with Gasteiger partial charge >= 0.3 is 0 Å². The minimum absolute atomic E-state index is 0.636. The number of para-hydroxylation sites is 1. The Labute approximate surface area is 122 Å². The van der Waals surface area contributed by atoms with Crippen LogP contribution in [-0.4, -0.2) is 4.98 Å². The molecule has 0 aliphatic rings. The smallest absolute Gasteiger partial charge is 0.227 e. The number of pyridine rings is 1. The van der Waals surface area contributed by atoms with E-state index in [1.165, 1.54) is 0 Å². The Morgan fingerprint density at radius 2 is 1.95 bits per heavy atom. The average Bonchev–Trinajstić information content (AvgIpc) is 2.72. The van der Waals surface area contributed by atoms with Crippen molar-refractivity contribution in [3.63, 3.8) is 0 Å². The fraction of sp³-hybridized carbons (Fsp3) is 0. The van der Waals surface area contributed by atoms with Gasteiger partial charge in [-0.15, -0.1) is 0 Å². The summed E-state index contributed by atoms with van der Waals surface area (Å²) in [6, 6.07) is 13.8. The standard InChI is InChI=1S/C15H7BrClNO/c16-11-6-9(17)7-13-14(11)10-5-8-3-1-2-4-12(8)18-15(10)19-13/h1-7H. The van der Waals surface area contributed by atoms with Crippen LogP contribution >= 0.6 is 27.5 Å². The van der Waals surface area contributed by atoms with Crippen LogP contribution < -0.4 is 0 Å². The monoisotopic (exact) mass is 331 g/mol. The maximum Gasteiger partial charge on any atom is 0.227 e. The van der Waals surface area contributed by atoms with Crippen LogP contribution in [0, 0.1) is 0 Å². The van der Waals surface area contributed by atoms with Crippen LogP contribution in [0.25, 0.3) is 33.0 Å². The molecule has 0 saturated carbocycles. The van der Waals surface area contributed by atoms with Crippen molar-refractivity contribution < 1.29 is 4.42 Å². The molecule has 2 nitrogen and oxygen atoms in total. The number of rotatable bonds is 0. The summed E-state index contributed by atoms with van der Waals surface area (Å²) < 4.78 is 6.72. The summed E-state index contributed by atoms with van der Waals surface area (Å²) in [6.07, 6.45) is 0. The first kappa shape index (κ1) is 11.3. The molecule has 0 unspecified atom stereocenters. The highest BCUT2D eigenvalue weighted by molar-refractivity contribution is 9.10. The van der Waals surface area contributed by atoms with E-state index in [0.717, 1.165) is 31.7 Å². The van der Waals surface area contributed by atoms with Crippen molar-refractivity contribution in [1.82, 2.24) is 4.98 Å². The van der Waals surface area contributed by atoms with Crippen molar-refractivity contribution in [3.8, 4) is 0 Å². The minimum atomic E-state index is 0.636. The maximum absolute atomic E-state index is 6.05. The van der Waals surface area contributed by atoms with Gasteiger partial charge in [-0.25, -0.2) is 4.98 Å². The van der Waals surface area contributed by atoms with Gasteiger partial charge in [-0.3, -0.25) is 0 Å². The fourth-order valence-corrected chi connectivity index (χ4v) is 3.35. The third kappa shape index (κ3) is 1.66. The van der Waals surface area contributed by atoms with Crippen molar-refractivity contribution in [2.75, 3.05) is 0 Å². The van der Waals surface area contributed by atoms with E-state index in [-0.39, 0.29) is 0 Å². The number of hydrogen-bond acceptors (Lipinski definition) is 2. The number of hydrogen-bond donors (Lipinski definition) is 0. The molecule has 0 saturated heterocycles. The Bertz CT molecular complexity index is 945. The molecule has 4 rings (SSSR count). The molecule has 4 heteroatoms. The van der Waals surface area contributed by atoms with Gasteiger partial charge in [0.25, 0.3) is 0 Å². The topological polar surface area (TPSA) is 26.0 Å². The van der Waals surface area contributed by atoms with Crippen molar-refractivity contribution in [3.05, 3.63) is 52.0 Å². The molecule has 19 heavy (non-hydrogen) atoms. The van der Waals surface area contributed by atoms with E-state index in [0.29, 0.717) is 10.7 Å². The fourth-order valence-electron chi connectivity index (χ4n) is 2.35. The normalized spacial score (nSPS) is 11.7. The summed E-state index contributed by atoms with van der Waals surface area (Å²) in [4.78, 5) is 4.56. The largest absolute Gasteiger partial charge is 0.438 e. The molecule has 0 spiro atoms. The van der Waals surface area contributed by atoms with Gasteiger partial charge in [0, 0.05) is 31.7 Å². The van der Waals surface area contributed by atoms with E-state index >= 15 is 0 Å². The van der Waals surface area contributed by atoms with Crippen LogP contribution in [0.4, 0.5) is 0 Å². The van der Waals surface area contributed by atoms with Gasteiger partial charge in [-0.1, -0.05) is 29.8 Å². The summed E-state index contributed by atoms with van der Waals surface area (Å²) in [6.45, 7) is 0. The second-order valence-electron chi connectivity index (χ2n) is 4.40. The van der Waals surface area contributed by atoms with Gasteiger partial charge in [0.2, 0.25) is 5.71 Å². The lowest BCUT2D eigenvalue weighted by Gasteiger charge is -1.97. The van der Waals surface area contributed by atoms with Crippen molar-refractivity contribution in [2.45, 2.75) is 0 Å². The van der Waals surface area contributed by atoms with Crippen LogP contribution in [-0.2, 0) is 0 Å². The van der Waals surface area contributed by atoms with Crippen molar-refractivity contribution in [2.24, 2.45) is 0 Å². The van der Waals surface area contributed by atoms with E-state index in [1.807, 2.05) is 36.4 Å². The summed E-state index contributed by atoms with van der Waals surface area (Å²) in [5.74, 6) is 0. The molecule has 0 bridgehead atoms. The highest BCUT2D eigenvalue weighted by Gasteiger charge is 2.13. The second kappa shape index (κ2) is 3.95. The Morgan fingerprint density at radius 3 is 2.84 bits per heavy atom. The second-order valence-corrected chi connectivity index (χ2v) is 5.69. The first-order valence-corrected chi connectivity index (χ1v) is 6.96. The molecule has 2 aromatic heterocycles. The van der Waals surface area contributed by atoms with E-state index in [1.54, 1.807) is 0 Å². The maximum atomic E-state index is 6.05. The molecule has 0 amide bonds. The molecular formula is C15H7BrClNO. The lowest BCUT2D eigenvalue weighted by molar-refractivity contribution is 0.656. The summed E-state index contributed by atoms with van der Waals surface area (Å²) in [7, 11) is 0. The Morgan fingerprint density at radius 1 is 1.11 bits per heavy atom. The quantitative estimate of drug-likeness (QED) is 0.422. The number of furan rings is 1. The molecule has 2 aromatic carbocycles. The number of halogens is 2. The number of aromatic nitrogens is 1. The Hall–Kier alpha value is -1.58. The zero-order chi connectivity index (χ0) is 13.0. The van der Waals surface area contributed by atoms with Crippen molar-refractivity contribution in [1.29, 1.82) is 0 Å². The number of fused-ring (bicyclic) bond motifs is 4. The SMILES string of the molecule is Clc1cc(Br)c2c(c1)oc1nc3ccccc3cc12. The van der Waals surface area contributed by atoms with Gasteiger partial charge in [-0.05, 0) is 34.1 Å². The summed E-state index contributed by atoms with van der Waals surface area (Å²) in [5.41, 5.74) is 2.31. The van der Waals surface area contributed by atoms with Crippen LogP contribution in [0.1, 0.15) is 0 Å². The third-order valence-electron chi connectivity index (χ3n) is 3.18. The molecule has 4 aromatic rings. The lowest BCUT2D eigenvalue weighted by atomic mass is 10.1. The van der Waals surface area contributed by atoms with Gasteiger partial charge in [0.1, 0.15) is 5.58 Å². The number of benzene rings is 2. The van der Waals surface area contributed by atoms with Gasteiger partial charge < -0.3 is 4.42 Å². The van der Waals surface area contributed by atoms with Gasteiger partial charge in [-0.2, -0.15) is 0 Å². The van der Waals surface area contributed by atoms with Crippen molar-refractivity contribution >= 4 is 60.5 Å². The van der Waals surface area contributed by atoms with E-state index in [9.17, 15) is 0 Å². The van der Waals surface area contributed by atoms with Crippen LogP contribution in [0.5, 0.6) is 0 Å². The summed E-state index contributed by atoms with van der Waals surface area (Å²) >= 11 is 9.59. The van der Waals surface area contributed by atoms with E-state index in [2.05, 4.69) is 27.0 Å². The molecule has 92 valence electrons. The van der Waals surface area contributed by atoms with Crippen LogP contribution in [0.15, 0.2) is 51.4 Å². The number of nitrogens with zero attached hydrogens (tertiary/aromatic N) is 1. The Balaban J connectivity index is 2.26. The molecule has 0 aliphatic carbocycles. The lowest BCUT2D eigenvalue weighted by Crippen LogP contribution is -1.78.